The third-order valence-electron chi connectivity index (χ3n) is 3.33. The summed E-state index contributed by atoms with van der Waals surface area (Å²) >= 11 is 0. The zero-order valence-corrected chi connectivity index (χ0v) is 13.6. The van der Waals surface area contributed by atoms with E-state index in [2.05, 4.69) is 0 Å². The van der Waals surface area contributed by atoms with Crippen LogP contribution in [-0.4, -0.2) is 26.7 Å². The monoisotopic (exact) mass is 333 g/mol. The number of benzene rings is 2. The van der Waals surface area contributed by atoms with Crippen molar-refractivity contribution in [1.29, 1.82) is 0 Å². The van der Waals surface area contributed by atoms with Gasteiger partial charge in [-0.3, -0.25) is 4.79 Å². The molecule has 0 heterocycles. The average Bonchev–Trinajstić information content (AvgIpc) is 2.53. The van der Waals surface area contributed by atoms with Crippen molar-refractivity contribution in [2.45, 2.75) is 24.0 Å². The summed E-state index contributed by atoms with van der Waals surface area (Å²) in [7, 11) is -3.23. The minimum absolute atomic E-state index is 0.181. The van der Waals surface area contributed by atoms with Crippen LogP contribution in [0.2, 0.25) is 0 Å². The first-order valence-corrected chi connectivity index (χ1v) is 9.00. The Hall–Kier alpha value is -2.18. The highest BCUT2D eigenvalue weighted by Crippen LogP contribution is 2.12. The highest BCUT2D eigenvalue weighted by molar-refractivity contribution is 7.90. The van der Waals surface area contributed by atoms with Gasteiger partial charge in [-0.05, 0) is 29.7 Å². The number of carbonyl (C=O) groups is 1. The second kappa shape index (κ2) is 7.39. The molecule has 122 valence electrons. The summed E-state index contributed by atoms with van der Waals surface area (Å²) in [4.78, 5) is 12.1. The van der Waals surface area contributed by atoms with Gasteiger partial charge in [-0.15, -0.1) is 0 Å². The first kappa shape index (κ1) is 17.2. The van der Waals surface area contributed by atoms with E-state index in [4.69, 9.17) is 10.5 Å². The van der Waals surface area contributed by atoms with Gasteiger partial charge in [-0.25, -0.2) is 8.42 Å². The van der Waals surface area contributed by atoms with Gasteiger partial charge in [-0.2, -0.15) is 0 Å². The molecule has 0 spiro atoms. The Labute approximate surface area is 136 Å². The van der Waals surface area contributed by atoms with Crippen LogP contribution < -0.4 is 5.73 Å². The van der Waals surface area contributed by atoms with Gasteiger partial charge >= 0.3 is 5.97 Å². The summed E-state index contributed by atoms with van der Waals surface area (Å²) in [5.41, 5.74) is 7.52. The van der Waals surface area contributed by atoms with Crippen LogP contribution in [0.4, 0.5) is 0 Å². The Morgan fingerprint density at radius 2 is 1.65 bits per heavy atom. The predicted molar refractivity (Wildman–Crippen MR) is 87.5 cm³/mol. The van der Waals surface area contributed by atoms with E-state index >= 15 is 0 Å². The quantitative estimate of drug-likeness (QED) is 0.813. The maximum atomic E-state index is 11.9. The topological polar surface area (TPSA) is 86.5 Å². The van der Waals surface area contributed by atoms with Crippen LogP contribution >= 0.6 is 0 Å². The maximum absolute atomic E-state index is 11.9. The Morgan fingerprint density at radius 3 is 2.22 bits per heavy atom. The third kappa shape index (κ3) is 5.19. The van der Waals surface area contributed by atoms with Crippen molar-refractivity contribution in [3.63, 3.8) is 0 Å². The Kier molecular flexibility index (Phi) is 5.52. The van der Waals surface area contributed by atoms with Crippen LogP contribution in [0, 0.1) is 0 Å². The summed E-state index contributed by atoms with van der Waals surface area (Å²) in [5.74, 6) is -0.485. The number of ether oxygens (including phenoxy) is 1. The van der Waals surface area contributed by atoms with E-state index in [1.54, 1.807) is 12.1 Å². The van der Waals surface area contributed by atoms with Crippen molar-refractivity contribution in [1.82, 2.24) is 0 Å². The fourth-order valence-corrected chi connectivity index (χ4v) is 2.68. The first-order valence-electron chi connectivity index (χ1n) is 7.11. The Bertz CT molecular complexity index is 755. The minimum Gasteiger partial charge on any atom is -0.460 e. The molecule has 1 atom stereocenters. The van der Waals surface area contributed by atoms with E-state index in [1.807, 2.05) is 30.3 Å². The standard InChI is InChI=1S/C17H19NO4S/c1-23(20,21)15-9-7-13(8-10-15)11-16(18)17(19)22-12-14-5-3-2-4-6-14/h2-10,16H,11-12,18H2,1H3/t16-/m0/s1. The lowest BCUT2D eigenvalue weighted by Crippen LogP contribution is -2.34. The molecule has 0 aliphatic rings. The van der Waals surface area contributed by atoms with Gasteiger partial charge in [0, 0.05) is 6.26 Å². The van der Waals surface area contributed by atoms with Gasteiger partial charge in [0.2, 0.25) is 0 Å². The molecule has 2 rings (SSSR count). The lowest BCUT2D eigenvalue weighted by atomic mass is 10.1. The van der Waals surface area contributed by atoms with Gasteiger partial charge in [0.25, 0.3) is 0 Å². The van der Waals surface area contributed by atoms with Gasteiger partial charge in [0.15, 0.2) is 9.84 Å². The van der Waals surface area contributed by atoms with Crippen molar-refractivity contribution >= 4 is 15.8 Å². The molecule has 0 aliphatic heterocycles. The zero-order chi connectivity index (χ0) is 16.9. The molecule has 2 aromatic carbocycles. The van der Waals surface area contributed by atoms with Crippen molar-refractivity contribution < 1.29 is 17.9 Å². The fourth-order valence-electron chi connectivity index (χ4n) is 2.05. The van der Waals surface area contributed by atoms with Crippen LogP contribution in [0.15, 0.2) is 59.5 Å². The molecule has 5 nitrogen and oxygen atoms in total. The van der Waals surface area contributed by atoms with E-state index in [-0.39, 0.29) is 17.9 Å². The molecule has 0 saturated carbocycles. The lowest BCUT2D eigenvalue weighted by molar-refractivity contribution is -0.146. The van der Waals surface area contributed by atoms with Crippen LogP contribution in [0.5, 0.6) is 0 Å². The van der Waals surface area contributed by atoms with E-state index in [0.717, 1.165) is 17.4 Å². The highest BCUT2D eigenvalue weighted by Gasteiger charge is 2.16. The number of carbonyl (C=O) groups excluding carboxylic acids is 1. The lowest BCUT2D eigenvalue weighted by Gasteiger charge is -2.12. The molecular formula is C17H19NO4S. The largest absolute Gasteiger partial charge is 0.460 e. The molecule has 2 aromatic rings. The normalized spacial score (nSPS) is 12.6. The van der Waals surface area contributed by atoms with Gasteiger partial charge < -0.3 is 10.5 Å². The third-order valence-corrected chi connectivity index (χ3v) is 4.46. The van der Waals surface area contributed by atoms with E-state index in [9.17, 15) is 13.2 Å². The molecule has 0 aliphatic carbocycles. The average molecular weight is 333 g/mol. The molecule has 0 saturated heterocycles. The zero-order valence-electron chi connectivity index (χ0n) is 12.8. The maximum Gasteiger partial charge on any atom is 0.323 e. The molecule has 0 aromatic heterocycles. The van der Waals surface area contributed by atoms with Gasteiger partial charge in [-0.1, -0.05) is 42.5 Å². The van der Waals surface area contributed by atoms with Crippen LogP contribution in [0.3, 0.4) is 0 Å². The number of esters is 1. The fraction of sp³-hybridized carbons (Fsp3) is 0.235. The van der Waals surface area contributed by atoms with Crippen molar-refractivity contribution in [3.8, 4) is 0 Å². The van der Waals surface area contributed by atoms with E-state index in [1.165, 1.54) is 12.1 Å². The number of hydrogen-bond donors (Lipinski definition) is 1. The summed E-state index contributed by atoms with van der Waals surface area (Å²) in [6.45, 7) is 0.181. The van der Waals surface area contributed by atoms with Gasteiger partial charge in [0.05, 0.1) is 4.90 Å². The molecule has 6 heteroatoms. The Morgan fingerprint density at radius 1 is 1.04 bits per heavy atom. The summed E-state index contributed by atoms with van der Waals surface area (Å²) in [5, 5.41) is 0. The van der Waals surface area contributed by atoms with Crippen molar-refractivity contribution in [3.05, 3.63) is 65.7 Å². The highest BCUT2D eigenvalue weighted by atomic mass is 32.2. The summed E-state index contributed by atoms with van der Waals surface area (Å²) < 4.78 is 28.0. The molecule has 0 bridgehead atoms. The van der Waals surface area contributed by atoms with Crippen molar-refractivity contribution in [2.75, 3.05) is 6.26 Å². The van der Waals surface area contributed by atoms with Crippen LogP contribution in [-0.2, 0) is 32.4 Å². The molecule has 2 N–H and O–H groups in total. The predicted octanol–water partition coefficient (Wildman–Crippen LogP) is 1.70. The second-order valence-corrected chi connectivity index (χ2v) is 7.34. The summed E-state index contributed by atoms with van der Waals surface area (Å²) in [6, 6.07) is 14.9. The molecule has 23 heavy (non-hydrogen) atoms. The van der Waals surface area contributed by atoms with E-state index in [0.29, 0.717) is 0 Å². The minimum atomic E-state index is -3.23. The number of rotatable bonds is 6. The van der Waals surface area contributed by atoms with Crippen LogP contribution in [0.1, 0.15) is 11.1 Å². The molecule has 0 amide bonds. The molecule has 0 unspecified atom stereocenters. The van der Waals surface area contributed by atoms with Gasteiger partial charge in [0.1, 0.15) is 12.6 Å². The number of nitrogens with two attached hydrogens (primary N) is 1. The molecule has 0 radical (unpaired) electrons. The number of hydrogen-bond acceptors (Lipinski definition) is 5. The SMILES string of the molecule is CS(=O)(=O)c1ccc(C[C@H](N)C(=O)OCc2ccccc2)cc1. The Balaban J connectivity index is 1.90. The van der Waals surface area contributed by atoms with E-state index < -0.39 is 21.8 Å². The van der Waals surface area contributed by atoms with Crippen LogP contribution in [0.25, 0.3) is 0 Å². The molecular weight excluding hydrogens is 314 g/mol. The second-order valence-electron chi connectivity index (χ2n) is 5.32. The molecule has 0 fully saturated rings. The first-order chi connectivity index (χ1) is 10.9. The van der Waals surface area contributed by atoms with Crippen molar-refractivity contribution in [2.24, 2.45) is 5.73 Å². The smallest absolute Gasteiger partial charge is 0.323 e. The number of sulfone groups is 1. The summed E-state index contributed by atoms with van der Waals surface area (Å²) in [6.07, 6.45) is 1.44.